The topological polar surface area (TPSA) is 52.6 Å². The van der Waals surface area contributed by atoms with Gasteiger partial charge >= 0.3 is 5.97 Å². The monoisotopic (exact) mass is 554 g/mol. The van der Waals surface area contributed by atoms with E-state index in [1.54, 1.807) is 43.5 Å². The molecular weight excluding hydrogens is 534 g/mol. The maximum absolute atomic E-state index is 11.9. The fourth-order valence-electron chi connectivity index (χ4n) is 1.66. The summed E-state index contributed by atoms with van der Waals surface area (Å²) >= 11 is 4.24. The van der Waals surface area contributed by atoms with Crippen LogP contribution in [0.3, 0.4) is 0 Å². The number of Topliss-reactive ketones (excluding diaryl/α,β-unsaturated/α-hetero) is 1. The molecule has 0 heterocycles. The third-order valence-corrected chi connectivity index (χ3v) is 2.67. The number of halogens is 2. The molecule has 2 rings (SSSR count). The number of hydrogen-bond donors (Lipinski definition) is 0. The highest BCUT2D eigenvalue weighted by molar-refractivity contribution is 15.0. The van der Waals surface area contributed by atoms with Crippen molar-refractivity contribution in [2.45, 2.75) is 20.8 Å². The van der Waals surface area contributed by atoms with E-state index in [9.17, 15) is 9.59 Å². The number of carbonyl (C=O) groups is 2. The molecule has 0 saturated heterocycles. The van der Waals surface area contributed by atoms with Crippen molar-refractivity contribution in [1.82, 2.24) is 0 Å². The van der Waals surface area contributed by atoms with Gasteiger partial charge in [-0.25, -0.2) is 4.79 Å². The number of methoxy groups -OCH3 is 1. The van der Waals surface area contributed by atoms with Gasteiger partial charge in [0.15, 0.2) is 0 Å². The van der Waals surface area contributed by atoms with Crippen molar-refractivity contribution in [3.05, 3.63) is 59.7 Å². The molecule has 0 aliphatic heterocycles. The standard InChI is InChI=1S/C15H14O3.C3H6O.I2/c1-11-13(17-2)9-6-10-14(11)18-15(16)12-7-4-3-5-8-12;1-3(2)4;1-2/h3-10H,1-2H3;1-2H3;. The number of benzene rings is 2. The lowest BCUT2D eigenvalue weighted by molar-refractivity contribution is -0.115. The first-order valence-corrected chi connectivity index (χ1v) is 13.3. The Hall–Kier alpha value is -1.16. The number of ketones is 1. The summed E-state index contributed by atoms with van der Waals surface area (Å²) in [5, 5.41) is 0. The lowest BCUT2D eigenvalue weighted by Gasteiger charge is -2.10. The van der Waals surface area contributed by atoms with Gasteiger partial charge in [0.25, 0.3) is 0 Å². The van der Waals surface area contributed by atoms with Crippen LogP contribution in [0.2, 0.25) is 0 Å². The minimum atomic E-state index is -0.369. The first-order valence-electron chi connectivity index (χ1n) is 6.98. The average Bonchev–Trinajstić information content (AvgIpc) is 2.59. The summed E-state index contributed by atoms with van der Waals surface area (Å²) in [6.07, 6.45) is 0. The molecule has 6 heteroatoms. The molecular formula is C18H20I2O4. The molecule has 0 amide bonds. The quantitative estimate of drug-likeness (QED) is 0.282. The molecule has 0 bridgehead atoms. The number of carbonyl (C=O) groups excluding carboxylic acids is 2. The van der Waals surface area contributed by atoms with Crippen molar-refractivity contribution in [3.8, 4) is 11.5 Å². The second-order valence-electron chi connectivity index (χ2n) is 4.75. The van der Waals surface area contributed by atoms with Crippen molar-refractivity contribution < 1.29 is 19.1 Å². The van der Waals surface area contributed by atoms with E-state index in [-0.39, 0.29) is 11.8 Å². The van der Waals surface area contributed by atoms with Crippen LogP contribution in [0.1, 0.15) is 29.8 Å². The average molecular weight is 554 g/mol. The fraction of sp³-hybridized carbons (Fsp3) is 0.222. The fourth-order valence-corrected chi connectivity index (χ4v) is 1.66. The van der Waals surface area contributed by atoms with E-state index in [0.717, 1.165) is 5.56 Å². The summed E-state index contributed by atoms with van der Waals surface area (Å²) in [5.74, 6) is 1.02. The third kappa shape index (κ3) is 8.62. The van der Waals surface area contributed by atoms with Gasteiger partial charge < -0.3 is 14.3 Å². The summed E-state index contributed by atoms with van der Waals surface area (Å²) in [4.78, 5) is 21.3. The highest BCUT2D eigenvalue weighted by atomic mass is 128. The normalized spacial score (nSPS) is 8.75. The van der Waals surface area contributed by atoms with Gasteiger partial charge in [0, 0.05) is 42.8 Å². The van der Waals surface area contributed by atoms with Gasteiger partial charge in [-0.3, -0.25) is 0 Å². The van der Waals surface area contributed by atoms with Crippen LogP contribution in [0, 0.1) is 6.92 Å². The van der Waals surface area contributed by atoms with E-state index in [1.165, 1.54) is 13.8 Å². The molecule has 0 fully saturated rings. The SMILES string of the molecule is CC(C)=O.COc1cccc(OC(=O)c2ccccc2)c1C.II. The Morgan fingerprint density at radius 1 is 0.875 bits per heavy atom. The van der Waals surface area contributed by atoms with E-state index in [4.69, 9.17) is 9.47 Å². The van der Waals surface area contributed by atoms with Crippen LogP contribution in [0.15, 0.2) is 48.5 Å². The van der Waals surface area contributed by atoms with Gasteiger partial charge in [-0.05, 0) is 45.0 Å². The third-order valence-electron chi connectivity index (χ3n) is 2.67. The van der Waals surface area contributed by atoms with Crippen LogP contribution in [-0.4, -0.2) is 18.9 Å². The molecule has 4 nitrogen and oxygen atoms in total. The Kier molecular flexibility index (Phi) is 12.5. The molecule has 0 aliphatic rings. The Morgan fingerprint density at radius 2 is 1.38 bits per heavy atom. The smallest absolute Gasteiger partial charge is 0.343 e. The number of esters is 1. The molecule has 0 N–H and O–H groups in total. The Balaban J connectivity index is 0.000000773. The van der Waals surface area contributed by atoms with Gasteiger partial charge in [-0.15, -0.1) is 0 Å². The summed E-state index contributed by atoms with van der Waals surface area (Å²) in [6, 6.07) is 14.3. The van der Waals surface area contributed by atoms with Gasteiger partial charge in [-0.2, -0.15) is 0 Å². The molecule has 0 spiro atoms. The summed E-state index contributed by atoms with van der Waals surface area (Å²) in [5.41, 5.74) is 1.34. The van der Waals surface area contributed by atoms with Crippen molar-refractivity contribution in [2.24, 2.45) is 0 Å². The number of hydrogen-bond acceptors (Lipinski definition) is 4. The first kappa shape index (κ1) is 22.8. The minimum Gasteiger partial charge on any atom is -0.496 e. The van der Waals surface area contributed by atoms with Crippen LogP contribution < -0.4 is 9.47 Å². The van der Waals surface area contributed by atoms with Crippen molar-refractivity contribution >= 4 is 49.0 Å². The molecule has 0 radical (unpaired) electrons. The Morgan fingerprint density at radius 3 is 1.88 bits per heavy atom. The largest absolute Gasteiger partial charge is 0.496 e. The van der Waals surface area contributed by atoms with Crippen molar-refractivity contribution in [1.29, 1.82) is 0 Å². The number of rotatable bonds is 3. The van der Waals surface area contributed by atoms with Crippen molar-refractivity contribution in [2.75, 3.05) is 7.11 Å². The second-order valence-corrected chi connectivity index (χ2v) is 4.75. The summed E-state index contributed by atoms with van der Waals surface area (Å²) < 4.78 is 10.5. The predicted molar refractivity (Wildman–Crippen MR) is 114 cm³/mol. The molecule has 2 aromatic carbocycles. The van der Waals surface area contributed by atoms with Crippen LogP contribution in [-0.2, 0) is 4.79 Å². The highest BCUT2D eigenvalue weighted by Gasteiger charge is 2.11. The minimum absolute atomic E-state index is 0.167. The lowest BCUT2D eigenvalue weighted by atomic mass is 10.2. The Bertz CT molecular complexity index is 639. The van der Waals surface area contributed by atoms with Gasteiger partial charge in [0.05, 0.1) is 12.7 Å². The van der Waals surface area contributed by atoms with Gasteiger partial charge in [-0.1, -0.05) is 24.3 Å². The van der Waals surface area contributed by atoms with E-state index in [2.05, 4.69) is 37.2 Å². The second kappa shape index (κ2) is 13.2. The van der Waals surface area contributed by atoms with Crippen LogP contribution >= 0.6 is 37.2 Å². The summed E-state index contributed by atoms with van der Waals surface area (Å²) in [7, 11) is 1.59. The van der Waals surface area contributed by atoms with Crippen LogP contribution in [0.5, 0.6) is 11.5 Å². The zero-order valence-electron chi connectivity index (χ0n) is 14.0. The lowest BCUT2D eigenvalue weighted by Crippen LogP contribution is -2.09. The van der Waals surface area contributed by atoms with E-state index in [1.807, 2.05) is 19.1 Å². The molecule has 0 aromatic heterocycles. The molecule has 2 aromatic rings. The summed E-state index contributed by atoms with van der Waals surface area (Å²) in [6.45, 7) is 4.91. The predicted octanol–water partition coefficient (Wildman–Crippen LogP) is 5.59. The van der Waals surface area contributed by atoms with Gasteiger partial charge in [0.2, 0.25) is 0 Å². The molecule has 0 aliphatic carbocycles. The zero-order chi connectivity index (χ0) is 18.5. The Labute approximate surface area is 166 Å². The number of ether oxygens (including phenoxy) is 2. The highest BCUT2D eigenvalue weighted by Crippen LogP contribution is 2.27. The molecule has 0 atom stereocenters. The van der Waals surface area contributed by atoms with E-state index >= 15 is 0 Å². The molecule has 0 saturated carbocycles. The first-order chi connectivity index (χ1) is 11.5. The molecule has 24 heavy (non-hydrogen) atoms. The van der Waals surface area contributed by atoms with Crippen molar-refractivity contribution in [3.63, 3.8) is 0 Å². The molecule has 0 unspecified atom stereocenters. The zero-order valence-corrected chi connectivity index (χ0v) is 18.3. The maximum atomic E-state index is 11.9. The van der Waals surface area contributed by atoms with Crippen LogP contribution in [0.4, 0.5) is 0 Å². The van der Waals surface area contributed by atoms with E-state index < -0.39 is 0 Å². The maximum Gasteiger partial charge on any atom is 0.343 e. The van der Waals surface area contributed by atoms with E-state index in [0.29, 0.717) is 17.1 Å². The molecule has 130 valence electrons. The van der Waals surface area contributed by atoms with Crippen LogP contribution in [0.25, 0.3) is 0 Å². The van der Waals surface area contributed by atoms with Gasteiger partial charge in [0.1, 0.15) is 17.3 Å².